The molecule has 1 aliphatic heterocycles. The third-order valence-electron chi connectivity index (χ3n) is 5.44. The van der Waals surface area contributed by atoms with Crippen LogP contribution in [0.1, 0.15) is 32.3 Å². The highest BCUT2D eigenvalue weighted by atomic mass is 19.1. The molecule has 5 nitrogen and oxygen atoms in total. The lowest BCUT2D eigenvalue weighted by molar-refractivity contribution is -0.138. The summed E-state index contributed by atoms with van der Waals surface area (Å²) in [7, 11) is 0. The van der Waals surface area contributed by atoms with E-state index in [1.165, 1.54) is 6.07 Å². The quantitative estimate of drug-likeness (QED) is 0.903. The van der Waals surface area contributed by atoms with E-state index in [0.29, 0.717) is 37.7 Å². The SMILES string of the molecule is CC(=O)N1CCN(C(=O)CNC2(c3ccccc3F)CC(C)C2)CC1. The molecule has 0 spiro atoms. The Balaban J connectivity index is 1.60. The fourth-order valence-corrected chi connectivity index (χ4v) is 4.07. The summed E-state index contributed by atoms with van der Waals surface area (Å²) < 4.78 is 14.3. The van der Waals surface area contributed by atoms with Crippen LogP contribution in [-0.2, 0) is 15.1 Å². The van der Waals surface area contributed by atoms with Gasteiger partial charge in [0.25, 0.3) is 0 Å². The number of piperazine rings is 1. The van der Waals surface area contributed by atoms with E-state index in [1.54, 1.807) is 22.8 Å². The van der Waals surface area contributed by atoms with E-state index in [4.69, 9.17) is 0 Å². The summed E-state index contributed by atoms with van der Waals surface area (Å²) in [5.74, 6) is 0.358. The van der Waals surface area contributed by atoms with Crippen LogP contribution in [0.25, 0.3) is 0 Å². The maximum absolute atomic E-state index is 14.3. The van der Waals surface area contributed by atoms with Crippen molar-refractivity contribution in [2.45, 2.75) is 32.2 Å². The van der Waals surface area contributed by atoms with Gasteiger partial charge in [0.1, 0.15) is 5.82 Å². The van der Waals surface area contributed by atoms with E-state index in [-0.39, 0.29) is 24.2 Å². The first-order valence-corrected chi connectivity index (χ1v) is 8.94. The molecule has 0 bridgehead atoms. The zero-order chi connectivity index (χ0) is 18.0. The number of amides is 2. The van der Waals surface area contributed by atoms with Gasteiger partial charge in [-0.1, -0.05) is 25.1 Å². The van der Waals surface area contributed by atoms with Gasteiger partial charge in [0, 0.05) is 44.2 Å². The van der Waals surface area contributed by atoms with Crippen molar-refractivity contribution in [3.05, 3.63) is 35.6 Å². The Bertz CT molecular complexity index is 650. The highest BCUT2D eigenvalue weighted by Crippen LogP contribution is 2.46. The minimum Gasteiger partial charge on any atom is -0.339 e. The van der Waals surface area contributed by atoms with Gasteiger partial charge < -0.3 is 9.80 Å². The van der Waals surface area contributed by atoms with Crippen LogP contribution in [0.15, 0.2) is 24.3 Å². The fraction of sp³-hybridized carbons (Fsp3) is 0.579. The Morgan fingerprint density at radius 2 is 1.76 bits per heavy atom. The highest BCUT2D eigenvalue weighted by molar-refractivity contribution is 5.79. The predicted molar refractivity (Wildman–Crippen MR) is 93.3 cm³/mol. The average molecular weight is 347 g/mol. The molecule has 1 saturated carbocycles. The van der Waals surface area contributed by atoms with Gasteiger partial charge in [0.15, 0.2) is 0 Å². The molecule has 1 aromatic carbocycles. The summed E-state index contributed by atoms with van der Waals surface area (Å²) in [6.45, 7) is 6.17. The summed E-state index contributed by atoms with van der Waals surface area (Å²) in [6.07, 6.45) is 1.67. The summed E-state index contributed by atoms with van der Waals surface area (Å²) in [5.41, 5.74) is 0.212. The molecule has 2 amide bonds. The number of nitrogens with one attached hydrogen (secondary N) is 1. The average Bonchev–Trinajstić information content (AvgIpc) is 2.58. The Morgan fingerprint density at radius 1 is 1.16 bits per heavy atom. The lowest BCUT2D eigenvalue weighted by Crippen LogP contribution is -2.57. The lowest BCUT2D eigenvalue weighted by atomic mass is 9.65. The minimum atomic E-state index is -0.443. The van der Waals surface area contributed by atoms with Crippen molar-refractivity contribution in [1.82, 2.24) is 15.1 Å². The molecule has 1 saturated heterocycles. The number of rotatable bonds is 4. The van der Waals surface area contributed by atoms with Crippen molar-refractivity contribution in [2.24, 2.45) is 5.92 Å². The number of hydrogen-bond acceptors (Lipinski definition) is 3. The van der Waals surface area contributed by atoms with Gasteiger partial charge in [-0.05, 0) is 24.8 Å². The molecule has 0 radical (unpaired) electrons. The van der Waals surface area contributed by atoms with Crippen LogP contribution in [0.2, 0.25) is 0 Å². The van der Waals surface area contributed by atoms with Gasteiger partial charge in [-0.25, -0.2) is 4.39 Å². The van der Waals surface area contributed by atoms with E-state index in [1.807, 2.05) is 12.1 Å². The zero-order valence-corrected chi connectivity index (χ0v) is 14.9. The first-order chi connectivity index (χ1) is 11.9. The number of halogens is 1. The molecule has 1 N–H and O–H groups in total. The van der Waals surface area contributed by atoms with Gasteiger partial charge in [-0.3, -0.25) is 14.9 Å². The second-order valence-electron chi connectivity index (χ2n) is 7.32. The highest BCUT2D eigenvalue weighted by Gasteiger charge is 2.45. The molecule has 0 unspecified atom stereocenters. The van der Waals surface area contributed by atoms with E-state index in [9.17, 15) is 14.0 Å². The largest absolute Gasteiger partial charge is 0.339 e. The molecule has 2 aliphatic rings. The van der Waals surface area contributed by atoms with Crippen LogP contribution in [-0.4, -0.2) is 54.3 Å². The van der Waals surface area contributed by atoms with Gasteiger partial charge in [-0.2, -0.15) is 0 Å². The molecule has 1 aromatic rings. The molecule has 136 valence electrons. The van der Waals surface area contributed by atoms with Gasteiger partial charge in [-0.15, -0.1) is 0 Å². The Morgan fingerprint density at radius 3 is 2.32 bits per heavy atom. The third-order valence-corrected chi connectivity index (χ3v) is 5.44. The summed E-state index contributed by atoms with van der Waals surface area (Å²) >= 11 is 0. The van der Waals surface area contributed by atoms with E-state index >= 15 is 0 Å². The monoisotopic (exact) mass is 347 g/mol. The third kappa shape index (κ3) is 3.68. The Hall–Kier alpha value is -1.95. The van der Waals surface area contributed by atoms with E-state index < -0.39 is 5.54 Å². The summed E-state index contributed by atoms with van der Waals surface area (Å²) in [4.78, 5) is 27.4. The van der Waals surface area contributed by atoms with E-state index in [0.717, 1.165) is 12.8 Å². The molecule has 0 atom stereocenters. The number of nitrogens with zero attached hydrogens (tertiary/aromatic N) is 2. The zero-order valence-electron chi connectivity index (χ0n) is 14.9. The fourth-order valence-electron chi connectivity index (χ4n) is 4.07. The van der Waals surface area contributed by atoms with E-state index in [2.05, 4.69) is 12.2 Å². The van der Waals surface area contributed by atoms with Crippen LogP contribution >= 0.6 is 0 Å². The van der Waals surface area contributed by atoms with Crippen LogP contribution in [0, 0.1) is 11.7 Å². The normalized spacial score (nSPS) is 26.3. The van der Waals surface area contributed by atoms with Crippen molar-refractivity contribution in [3.63, 3.8) is 0 Å². The van der Waals surface area contributed by atoms with Gasteiger partial charge in [0.05, 0.1) is 6.54 Å². The van der Waals surface area contributed by atoms with Crippen molar-refractivity contribution >= 4 is 11.8 Å². The maximum atomic E-state index is 14.3. The van der Waals surface area contributed by atoms with Crippen molar-refractivity contribution < 1.29 is 14.0 Å². The molecule has 1 heterocycles. The number of carbonyl (C=O) groups excluding carboxylic acids is 2. The molecular weight excluding hydrogens is 321 g/mol. The molecule has 25 heavy (non-hydrogen) atoms. The van der Waals surface area contributed by atoms with Crippen LogP contribution < -0.4 is 5.32 Å². The molecule has 3 rings (SSSR count). The topological polar surface area (TPSA) is 52.7 Å². The van der Waals surface area contributed by atoms with Crippen molar-refractivity contribution in [3.8, 4) is 0 Å². The summed E-state index contributed by atoms with van der Waals surface area (Å²) in [6, 6.07) is 6.82. The number of benzene rings is 1. The second-order valence-corrected chi connectivity index (χ2v) is 7.32. The molecule has 0 aromatic heterocycles. The molecule has 2 fully saturated rings. The lowest BCUT2D eigenvalue weighted by Gasteiger charge is -2.48. The van der Waals surface area contributed by atoms with Crippen LogP contribution in [0.3, 0.4) is 0 Å². The van der Waals surface area contributed by atoms with Gasteiger partial charge >= 0.3 is 0 Å². The first-order valence-electron chi connectivity index (χ1n) is 8.94. The number of hydrogen-bond donors (Lipinski definition) is 1. The van der Waals surface area contributed by atoms with Crippen LogP contribution in [0.4, 0.5) is 4.39 Å². The maximum Gasteiger partial charge on any atom is 0.236 e. The van der Waals surface area contributed by atoms with Crippen molar-refractivity contribution in [1.29, 1.82) is 0 Å². The van der Waals surface area contributed by atoms with Gasteiger partial charge in [0.2, 0.25) is 11.8 Å². The standard InChI is InChI=1S/C19H26FN3O2/c1-14-11-19(12-14,16-5-3-4-6-17(16)20)21-13-18(25)23-9-7-22(8-10-23)15(2)24/h3-6,14,21H,7-13H2,1-2H3. The molecular formula is C19H26FN3O2. The molecule has 6 heteroatoms. The Kier molecular flexibility index (Phi) is 5.08. The Labute approximate surface area is 148 Å². The second kappa shape index (κ2) is 7.12. The van der Waals surface area contributed by atoms with Crippen LogP contribution in [0.5, 0.6) is 0 Å². The smallest absolute Gasteiger partial charge is 0.236 e. The predicted octanol–water partition coefficient (Wildman–Crippen LogP) is 1.73. The minimum absolute atomic E-state index is 0.0125. The summed E-state index contributed by atoms with van der Waals surface area (Å²) in [5, 5.41) is 3.34. The number of carbonyl (C=O) groups is 2. The van der Waals surface area contributed by atoms with Crippen molar-refractivity contribution in [2.75, 3.05) is 32.7 Å². The first kappa shape index (κ1) is 17.9. The molecule has 1 aliphatic carbocycles.